The predicted octanol–water partition coefficient (Wildman–Crippen LogP) is 1.65. The van der Waals surface area contributed by atoms with E-state index in [1.807, 2.05) is 19.6 Å². The van der Waals surface area contributed by atoms with E-state index in [2.05, 4.69) is 5.16 Å². The first-order valence-corrected chi connectivity index (χ1v) is 10.1. The second-order valence-corrected chi connectivity index (χ2v) is 10.7. The molecule has 0 aliphatic heterocycles. The number of amides is 2. The Morgan fingerprint density at radius 2 is 1.67 bits per heavy atom. The molecule has 0 unspecified atom stereocenters. The molecule has 0 fully saturated rings. The number of thioether (sulfide) groups is 1. The van der Waals surface area contributed by atoms with Crippen molar-refractivity contribution in [2.45, 2.75) is 19.6 Å². The second kappa shape index (κ2) is 6.79. The van der Waals surface area contributed by atoms with Crippen molar-refractivity contribution < 1.29 is 14.4 Å². The van der Waals surface area contributed by atoms with Crippen molar-refractivity contribution in [1.82, 2.24) is 9.47 Å². The third-order valence-electron chi connectivity index (χ3n) is 2.27. The van der Waals surface area contributed by atoms with E-state index in [1.54, 1.807) is 32.0 Å². The minimum Gasteiger partial charge on any atom is -0.343 e. The topological polar surface area (TPSA) is 62.2 Å². The first kappa shape index (κ1) is 17.0. The minimum absolute atomic E-state index is 0.150. The first-order chi connectivity index (χ1) is 8.11. The zero-order chi connectivity index (χ0) is 14.5. The fourth-order valence-corrected chi connectivity index (χ4v) is 1.83. The van der Waals surface area contributed by atoms with Gasteiger partial charge in [0.25, 0.3) is 5.91 Å². The van der Waals surface area contributed by atoms with Crippen molar-refractivity contribution >= 4 is 37.0 Å². The number of hydrogen-bond acceptors (Lipinski definition) is 5. The molecule has 0 saturated carbocycles. The first-order valence-electron chi connectivity index (χ1n) is 5.39. The van der Waals surface area contributed by atoms with Crippen LogP contribution in [0.4, 0.5) is 4.79 Å². The maximum absolute atomic E-state index is 11.7. The molecule has 2 amide bonds. The van der Waals surface area contributed by atoms with Crippen molar-refractivity contribution in [3.63, 3.8) is 0 Å². The normalized spacial score (nSPS) is 12.1. The van der Waals surface area contributed by atoms with Gasteiger partial charge < -0.3 is 9.47 Å². The number of oxime groups is 1. The van der Waals surface area contributed by atoms with E-state index in [4.69, 9.17) is 4.84 Å². The highest BCUT2D eigenvalue weighted by Gasteiger charge is 2.26. The van der Waals surface area contributed by atoms with Crippen molar-refractivity contribution in [2.24, 2.45) is 5.16 Å². The molecule has 8 heteroatoms. The molecule has 104 valence electrons. The van der Waals surface area contributed by atoms with Crippen molar-refractivity contribution in [1.29, 1.82) is 0 Å². The van der Waals surface area contributed by atoms with Crippen LogP contribution in [-0.4, -0.2) is 62.1 Å². The Labute approximate surface area is 113 Å². The summed E-state index contributed by atoms with van der Waals surface area (Å²) in [6, 6.07) is 0. The third kappa shape index (κ3) is 5.09. The lowest BCUT2D eigenvalue weighted by molar-refractivity contribution is -0.121. The van der Waals surface area contributed by atoms with E-state index >= 15 is 0 Å². The third-order valence-corrected chi connectivity index (χ3v) is 5.10. The van der Waals surface area contributed by atoms with Crippen LogP contribution in [0, 0.1) is 0 Å². The lowest BCUT2D eigenvalue weighted by Gasteiger charge is -2.27. The maximum atomic E-state index is 11.7. The van der Waals surface area contributed by atoms with Crippen LogP contribution in [0.15, 0.2) is 5.16 Å². The van der Waals surface area contributed by atoms with Crippen LogP contribution in [-0.2, 0) is 9.63 Å². The summed E-state index contributed by atoms with van der Waals surface area (Å²) in [7, 11) is 3.14. The van der Waals surface area contributed by atoms with E-state index in [9.17, 15) is 9.59 Å². The van der Waals surface area contributed by atoms with Gasteiger partial charge in [0.15, 0.2) is 8.24 Å². The van der Waals surface area contributed by atoms with Gasteiger partial charge in [0.1, 0.15) is 0 Å². The van der Waals surface area contributed by atoms with Crippen LogP contribution in [0.1, 0.15) is 0 Å². The van der Waals surface area contributed by atoms with Crippen LogP contribution < -0.4 is 0 Å². The highest BCUT2D eigenvalue weighted by Crippen LogP contribution is 2.09. The Morgan fingerprint density at radius 3 is 2.00 bits per heavy atom. The molecule has 0 rings (SSSR count). The van der Waals surface area contributed by atoms with Gasteiger partial charge in [-0.25, -0.2) is 4.79 Å². The summed E-state index contributed by atoms with van der Waals surface area (Å²) in [5, 5.41) is 3.77. The Balaban J connectivity index is 4.71. The lowest BCUT2D eigenvalue weighted by Crippen LogP contribution is -2.46. The fourth-order valence-electron chi connectivity index (χ4n) is 0.771. The van der Waals surface area contributed by atoms with Crippen LogP contribution >= 0.6 is 11.8 Å². The van der Waals surface area contributed by atoms with E-state index in [-0.39, 0.29) is 11.0 Å². The molecule has 0 aromatic rings. The second-order valence-electron chi connectivity index (χ2n) is 4.89. The summed E-state index contributed by atoms with van der Waals surface area (Å²) in [5.74, 6) is -0.286. The van der Waals surface area contributed by atoms with Gasteiger partial charge in [0.2, 0.25) is 5.04 Å². The number of hydrogen-bond donors (Lipinski definition) is 0. The smallest absolute Gasteiger partial charge is 0.343 e. The Kier molecular flexibility index (Phi) is 6.40. The Morgan fingerprint density at radius 1 is 1.17 bits per heavy atom. The van der Waals surface area contributed by atoms with Gasteiger partial charge in [-0.1, -0.05) is 24.8 Å². The zero-order valence-corrected chi connectivity index (χ0v) is 13.8. The summed E-state index contributed by atoms with van der Waals surface area (Å²) < 4.78 is 1.55. The monoisotopic (exact) mass is 291 g/mol. The number of nitrogens with zero attached hydrogens (tertiary/aromatic N) is 3. The van der Waals surface area contributed by atoms with Crippen LogP contribution in [0.25, 0.3) is 0 Å². The highest BCUT2D eigenvalue weighted by atomic mass is 32.2. The Hall–Kier alpha value is -1.02. The molecule has 0 aliphatic rings. The number of rotatable bonds is 2. The van der Waals surface area contributed by atoms with Crippen molar-refractivity contribution in [3.05, 3.63) is 0 Å². The highest BCUT2D eigenvalue weighted by molar-refractivity contribution is 8.15. The van der Waals surface area contributed by atoms with Gasteiger partial charge in [-0.2, -0.15) is 0 Å². The Bertz CT molecular complexity index is 353. The quantitative estimate of drug-likeness (QED) is 0.255. The van der Waals surface area contributed by atoms with Crippen molar-refractivity contribution in [3.8, 4) is 0 Å². The molecule has 0 heterocycles. The van der Waals surface area contributed by atoms with Crippen LogP contribution in [0.5, 0.6) is 0 Å². The van der Waals surface area contributed by atoms with E-state index in [1.165, 1.54) is 4.90 Å². The average Bonchev–Trinajstić information content (AvgIpc) is 2.26. The van der Waals surface area contributed by atoms with Crippen molar-refractivity contribution in [2.75, 3.05) is 27.4 Å². The van der Waals surface area contributed by atoms with E-state index in [0.717, 1.165) is 11.8 Å². The number of carbonyl (C=O) groups is 2. The van der Waals surface area contributed by atoms with Gasteiger partial charge in [0.05, 0.1) is 0 Å². The molecule has 0 saturated heterocycles. The molecule has 0 aromatic heterocycles. The summed E-state index contributed by atoms with van der Waals surface area (Å²) in [4.78, 5) is 29.5. The molecule has 0 aromatic carbocycles. The standard InChI is InChI=1S/C10H21N3O3SSi/c1-12(2)9(14)8(17-4)11-16-10(15)13(3)18(5,6)7/h1-7H3/b11-8-. The van der Waals surface area contributed by atoms with Gasteiger partial charge >= 0.3 is 6.09 Å². The lowest BCUT2D eigenvalue weighted by atomic mass is 10.6. The predicted molar refractivity (Wildman–Crippen MR) is 77.2 cm³/mol. The largest absolute Gasteiger partial charge is 0.427 e. The van der Waals surface area contributed by atoms with Gasteiger partial charge in [-0.05, 0) is 6.26 Å². The van der Waals surface area contributed by atoms with Crippen LogP contribution in [0.2, 0.25) is 19.6 Å². The minimum atomic E-state index is -1.77. The molecule has 0 atom stereocenters. The summed E-state index contributed by atoms with van der Waals surface area (Å²) >= 11 is 1.14. The number of carbonyl (C=O) groups excluding carboxylic acids is 2. The van der Waals surface area contributed by atoms with Crippen LogP contribution in [0.3, 0.4) is 0 Å². The summed E-state index contributed by atoms with van der Waals surface area (Å²) in [6.07, 6.45) is 1.17. The molecule has 0 spiro atoms. The van der Waals surface area contributed by atoms with E-state index < -0.39 is 14.3 Å². The molecule has 0 N–H and O–H groups in total. The molecule has 0 aliphatic carbocycles. The van der Waals surface area contributed by atoms with Gasteiger partial charge in [0, 0.05) is 21.1 Å². The summed E-state index contributed by atoms with van der Waals surface area (Å²) in [5.41, 5.74) is 0. The molecule has 18 heavy (non-hydrogen) atoms. The molecular weight excluding hydrogens is 270 g/mol. The summed E-state index contributed by atoms with van der Waals surface area (Å²) in [6.45, 7) is 6.04. The SMILES string of the molecule is CS/C(=N\OC(=O)N(C)[Si](C)(C)C)C(=O)N(C)C. The molecule has 6 nitrogen and oxygen atoms in total. The zero-order valence-electron chi connectivity index (χ0n) is 12.0. The maximum Gasteiger partial charge on any atom is 0.427 e. The fraction of sp³-hybridized carbons (Fsp3) is 0.700. The molecule has 0 radical (unpaired) electrons. The van der Waals surface area contributed by atoms with Gasteiger partial charge in [-0.15, -0.1) is 11.8 Å². The molecule has 0 bridgehead atoms. The average molecular weight is 291 g/mol. The van der Waals surface area contributed by atoms with E-state index in [0.29, 0.717) is 0 Å². The van der Waals surface area contributed by atoms with Gasteiger partial charge in [-0.3, -0.25) is 9.63 Å². The molecular formula is C10H21N3O3SSi.